The Labute approximate surface area is 146 Å². The number of aliphatic imine (C=N–C) groups is 1. The summed E-state index contributed by atoms with van der Waals surface area (Å²) in [5.74, 6) is 2.33. The second-order valence-corrected chi connectivity index (χ2v) is 6.50. The molecule has 1 aromatic heterocycles. The molecule has 0 bridgehead atoms. The van der Waals surface area contributed by atoms with Crippen LogP contribution in [0, 0.1) is 5.92 Å². The van der Waals surface area contributed by atoms with Crippen LogP contribution in [0.4, 0.5) is 0 Å². The Bertz CT molecular complexity index is 466. The van der Waals surface area contributed by atoms with E-state index in [0.29, 0.717) is 12.5 Å². The number of nitrogens with zero attached hydrogens (tertiary/aromatic N) is 3. The molecule has 136 valence electrons. The van der Waals surface area contributed by atoms with Gasteiger partial charge in [0.1, 0.15) is 12.3 Å². The maximum absolute atomic E-state index is 5.33. The van der Waals surface area contributed by atoms with Crippen LogP contribution in [0.1, 0.15) is 26.5 Å². The lowest BCUT2D eigenvalue weighted by Gasteiger charge is -2.35. The minimum atomic E-state index is 0.565. The van der Waals surface area contributed by atoms with E-state index in [4.69, 9.17) is 4.42 Å². The number of rotatable bonds is 8. The van der Waals surface area contributed by atoms with E-state index in [1.165, 1.54) is 32.7 Å². The van der Waals surface area contributed by atoms with E-state index < -0.39 is 0 Å². The van der Waals surface area contributed by atoms with Crippen molar-refractivity contribution in [2.24, 2.45) is 10.9 Å². The standard InChI is InChI=1S/C18H33N5O/c1-4-19-18(21-14-17-7-6-12-24-17)20-13-16(3)15-23-10-8-22(5-2)9-11-23/h6-7,12,16H,4-5,8-11,13-15H2,1-3H3,(H2,19,20,21). The number of likely N-dealkylation sites (N-methyl/N-ethyl adjacent to an activating group) is 1. The van der Waals surface area contributed by atoms with E-state index in [-0.39, 0.29) is 0 Å². The predicted molar refractivity (Wildman–Crippen MR) is 99.2 cm³/mol. The Morgan fingerprint density at radius 2 is 1.96 bits per heavy atom. The number of hydrogen-bond donors (Lipinski definition) is 2. The third-order valence-corrected chi connectivity index (χ3v) is 4.42. The van der Waals surface area contributed by atoms with E-state index in [2.05, 4.69) is 46.2 Å². The van der Waals surface area contributed by atoms with Gasteiger partial charge in [0.15, 0.2) is 5.96 Å². The van der Waals surface area contributed by atoms with Crippen LogP contribution in [0.25, 0.3) is 0 Å². The molecule has 1 aromatic rings. The van der Waals surface area contributed by atoms with Crippen molar-refractivity contribution in [2.45, 2.75) is 27.3 Å². The van der Waals surface area contributed by atoms with E-state index in [1.54, 1.807) is 6.26 Å². The molecule has 0 aliphatic carbocycles. The summed E-state index contributed by atoms with van der Waals surface area (Å²) in [5, 5.41) is 6.75. The summed E-state index contributed by atoms with van der Waals surface area (Å²) < 4.78 is 5.33. The third kappa shape index (κ3) is 6.53. The van der Waals surface area contributed by atoms with Crippen molar-refractivity contribution in [3.8, 4) is 0 Å². The Morgan fingerprint density at radius 1 is 1.21 bits per heavy atom. The van der Waals surface area contributed by atoms with Gasteiger partial charge in [0.05, 0.1) is 6.26 Å². The fourth-order valence-electron chi connectivity index (χ4n) is 2.97. The Kier molecular flexibility index (Phi) is 8.12. The molecule has 1 fully saturated rings. The molecule has 2 N–H and O–H groups in total. The van der Waals surface area contributed by atoms with Crippen LogP contribution in [0.5, 0.6) is 0 Å². The van der Waals surface area contributed by atoms with Gasteiger partial charge in [-0.25, -0.2) is 4.99 Å². The SMILES string of the molecule is CCNC(=NCc1ccco1)NCC(C)CN1CCN(CC)CC1. The molecule has 0 aromatic carbocycles. The van der Waals surface area contributed by atoms with Gasteiger partial charge in [0.25, 0.3) is 0 Å². The van der Waals surface area contributed by atoms with Gasteiger partial charge in [-0.05, 0) is 31.5 Å². The molecule has 1 aliphatic rings. The lowest BCUT2D eigenvalue weighted by atomic mass is 10.1. The summed E-state index contributed by atoms with van der Waals surface area (Å²) in [7, 11) is 0. The quantitative estimate of drug-likeness (QED) is 0.558. The minimum absolute atomic E-state index is 0.565. The van der Waals surface area contributed by atoms with Gasteiger partial charge in [-0.15, -0.1) is 0 Å². The second kappa shape index (κ2) is 10.4. The summed E-state index contributed by atoms with van der Waals surface area (Å²) in [5.41, 5.74) is 0. The normalized spacial score (nSPS) is 18.5. The van der Waals surface area contributed by atoms with Gasteiger partial charge in [-0.1, -0.05) is 13.8 Å². The number of piperazine rings is 1. The van der Waals surface area contributed by atoms with Crippen LogP contribution in [-0.4, -0.2) is 68.1 Å². The molecule has 0 saturated carbocycles. The average molecular weight is 335 g/mol. The van der Waals surface area contributed by atoms with Crippen LogP contribution >= 0.6 is 0 Å². The lowest BCUT2D eigenvalue weighted by molar-refractivity contribution is 0.124. The third-order valence-electron chi connectivity index (χ3n) is 4.42. The molecule has 2 heterocycles. The van der Waals surface area contributed by atoms with Crippen molar-refractivity contribution in [3.63, 3.8) is 0 Å². The summed E-state index contributed by atoms with van der Waals surface area (Å²) in [6, 6.07) is 3.84. The molecule has 2 rings (SSSR count). The molecule has 1 atom stereocenters. The predicted octanol–water partition coefficient (Wildman–Crippen LogP) is 1.61. The second-order valence-electron chi connectivity index (χ2n) is 6.50. The molecular weight excluding hydrogens is 302 g/mol. The summed E-state index contributed by atoms with van der Waals surface area (Å²) in [6.07, 6.45) is 1.69. The highest BCUT2D eigenvalue weighted by Crippen LogP contribution is 2.05. The Hall–Kier alpha value is -1.53. The lowest BCUT2D eigenvalue weighted by Crippen LogP contribution is -2.48. The van der Waals surface area contributed by atoms with Crippen LogP contribution in [0.15, 0.2) is 27.8 Å². The van der Waals surface area contributed by atoms with Crippen LogP contribution in [0.2, 0.25) is 0 Å². The van der Waals surface area contributed by atoms with Crippen molar-refractivity contribution in [1.82, 2.24) is 20.4 Å². The summed E-state index contributed by atoms with van der Waals surface area (Å²) in [4.78, 5) is 9.67. The van der Waals surface area contributed by atoms with Gasteiger partial charge in [-0.2, -0.15) is 0 Å². The smallest absolute Gasteiger partial charge is 0.191 e. The van der Waals surface area contributed by atoms with Crippen molar-refractivity contribution < 1.29 is 4.42 Å². The fraction of sp³-hybridized carbons (Fsp3) is 0.722. The van der Waals surface area contributed by atoms with E-state index in [0.717, 1.165) is 31.4 Å². The topological polar surface area (TPSA) is 56.0 Å². The van der Waals surface area contributed by atoms with Crippen molar-refractivity contribution in [1.29, 1.82) is 0 Å². The van der Waals surface area contributed by atoms with E-state index in [9.17, 15) is 0 Å². The maximum Gasteiger partial charge on any atom is 0.191 e. The Balaban J connectivity index is 1.71. The molecule has 0 spiro atoms. The first kappa shape index (κ1) is 18.8. The van der Waals surface area contributed by atoms with Crippen LogP contribution in [0.3, 0.4) is 0 Å². The molecule has 1 saturated heterocycles. The average Bonchev–Trinajstić information content (AvgIpc) is 3.11. The number of furan rings is 1. The highest BCUT2D eigenvalue weighted by atomic mass is 16.3. The molecule has 1 aliphatic heterocycles. The highest BCUT2D eigenvalue weighted by Gasteiger charge is 2.17. The summed E-state index contributed by atoms with van der Waals surface area (Å²) in [6.45, 7) is 16.1. The molecule has 1 unspecified atom stereocenters. The maximum atomic E-state index is 5.33. The molecule has 0 amide bonds. The number of nitrogens with one attached hydrogen (secondary N) is 2. The van der Waals surface area contributed by atoms with Gasteiger partial charge in [0.2, 0.25) is 0 Å². The van der Waals surface area contributed by atoms with Crippen molar-refractivity contribution in [2.75, 3.05) is 52.4 Å². The highest BCUT2D eigenvalue weighted by molar-refractivity contribution is 5.79. The molecule has 6 nitrogen and oxygen atoms in total. The molecule has 6 heteroatoms. The monoisotopic (exact) mass is 335 g/mol. The summed E-state index contributed by atoms with van der Waals surface area (Å²) >= 11 is 0. The molecule has 24 heavy (non-hydrogen) atoms. The van der Waals surface area contributed by atoms with Gasteiger partial charge in [-0.3, -0.25) is 0 Å². The number of hydrogen-bond acceptors (Lipinski definition) is 4. The van der Waals surface area contributed by atoms with Crippen molar-refractivity contribution >= 4 is 5.96 Å². The van der Waals surface area contributed by atoms with Crippen molar-refractivity contribution in [3.05, 3.63) is 24.2 Å². The van der Waals surface area contributed by atoms with E-state index in [1.807, 2.05) is 12.1 Å². The van der Waals surface area contributed by atoms with E-state index >= 15 is 0 Å². The molecule has 0 radical (unpaired) electrons. The first-order valence-electron chi connectivity index (χ1n) is 9.20. The first-order valence-corrected chi connectivity index (χ1v) is 9.20. The van der Waals surface area contributed by atoms with Gasteiger partial charge in [0, 0.05) is 45.8 Å². The largest absolute Gasteiger partial charge is 0.467 e. The number of guanidine groups is 1. The van der Waals surface area contributed by atoms with Gasteiger partial charge < -0.3 is 24.9 Å². The minimum Gasteiger partial charge on any atom is -0.467 e. The van der Waals surface area contributed by atoms with Gasteiger partial charge >= 0.3 is 0 Å². The molecular formula is C18H33N5O. The van der Waals surface area contributed by atoms with Crippen LogP contribution in [-0.2, 0) is 6.54 Å². The van der Waals surface area contributed by atoms with Crippen LogP contribution < -0.4 is 10.6 Å². The fourth-order valence-corrected chi connectivity index (χ4v) is 2.97. The zero-order chi connectivity index (χ0) is 17.2. The zero-order valence-electron chi connectivity index (χ0n) is 15.4. The Morgan fingerprint density at radius 3 is 2.58 bits per heavy atom. The first-order chi connectivity index (χ1) is 11.7. The zero-order valence-corrected chi connectivity index (χ0v) is 15.4.